The maximum absolute atomic E-state index is 7.22. The number of benzene rings is 7. The van der Waals surface area contributed by atoms with Crippen molar-refractivity contribution in [3.63, 3.8) is 0 Å². The van der Waals surface area contributed by atoms with Crippen LogP contribution in [0.1, 0.15) is 116 Å². The number of thiol groups is 1. The molecule has 12 rings (SSSR count). The molecule has 0 aromatic heterocycles. The van der Waals surface area contributed by atoms with Gasteiger partial charge in [-0.05, 0) is 169 Å². The maximum atomic E-state index is 7.22. The first-order valence-electron chi connectivity index (χ1n) is 23.1. The molecule has 7 aromatic rings. The fraction of sp³-hybridized carbons (Fsp3) is 0.233. The largest absolute Gasteiger partial charge is 0.398 e. The van der Waals surface area contributed by atoms with Crippen molar-refractivity contribution in [3.8, 4) is 33.4 Å². The van der Waals surface area contributed by atoms with E-state index in [4.69, 9.17) is 18.4 Å². The number of hydrogen-bond donors (Lipinski definition) is 2. The van der Waals surface area contributed by atoms with Gasteiger partial charge in [-0.15, -0.1) is 12.6 Å². The zero-order valence-electron chi connectivity index (χ0n) is 37.1. The van der Waals surface area contributed by atoms with Gasteiger partial charge in [0.2, 0.25) is 0 Å². The van der Waals surface area contributed by atoms with Crippen molar-refractivity contribution in [2.75, 3.05) is 10.6 Å². The lowest BCUT2D eigenvalue weighted by Crippen LogP contribution is -2.20. The highest BCUT2D eigenvalue weighted by Crippen LogP contribution is 2.60. The van der Waals surface area contributed by atoms with Crippen molar-refractivity contribution in [3.05, 3.63) is 189 Å². The molecule has 3 heteroatoms. The van der Waals surface area contributed by atoms with Gasteiger partial charge in [0.1, 0.15) is 0 Å². The van der Waals surface area contributed by atoms with E-state index in [-0.39, 0.29) is 10.8 Å². The summed E-state index contributed by atoms with van der Waals surface area (Å²) in [4.78, 5) is 3.64. The van der Waals surface area contributed by atoms with E-state index in [0.29, 0.717) is 0 Å². The van der Waals surface area contributed by atoms with E-state index in [1.807, 2.05) is 0 Å². The van der Waals surface area contributed by atoms with E-state index in [0.717, 1.165) is 48.4 Å². The van der Waals surface area contributed by atoms with Crippen molar-refractivity contribution in [1.29, 1.82) is 0 Å². The topological polar surface area (TPSA) is 29.3 Å². The van der Waals surface area contributed by atoms with Gasteiger partial charge < -0.3 is 10.6 Å². The predicted molar refractivity (Wildman–Crippen MR) is 270 cm³/mol. The summed E-state index contributed by atoms with van der Waals surface area (Å²) in [7, 11) is 0. The summed E-state index contributed by atoms with van der Waals surface area (Å²) in [6.07, 6.45) is 9.85. The van der Waals surface area contributed by atoms with E-state index in [9.17, 15) is 0 Å². The molecule has 7 aromatic carbocycles. The van der Waals surface area contributed by atoms with Crippen LogP contribution in [0.4, 0.5) is 22.7 Å². The first-order chi connectivity index (χ1) is 30.5. The van der Waals surface area contributed by atoms with Gasteiger partial charge in [0, 0.05) is 39.2 Å². The minimum Gasteiger partial charge on any atom is -0.398 e. The molecule has 0 fully saturated rings. The molecule has 0 radical (unpaired) electrons. The Hall–Kier alpha value is -6.03. The minimum absolute atomic E-state index is 0.0428. The minimum atomic E-state index is -0.101. The second-order valence-electron chi connectivity index (χ2n) is 20.1. The van der Waals surface area contributed by atoms with Crippen LogP contribution in [-0.2, 0) is 30.1 Å². The van der Waals surface area contributed by atoms with E-state index in [1.165, 1.54) is 130 Å². The van der Waals surface area contributed by atoms with Crippen LogP contribution in [0, 0.1) is 0 Å². The number of nitrogens with two attached hydrogens (primary N) is 1. The van der Waals surface area contributed by atoms with E-state index in [1.54, 1.807) is 0 Å². The summed E-state index contributed by atoms with van der Waals surface area (Å²) in [6.45, 7) is 11.7. The Bertz CT molecular complexity index is 3190. The number of aryl methyl sites for hydroxylation is 1. The predicted octanol–water partition coefficient (Wildman–Crippen LogP) is 15.8. The van der Waals surface area contributed by atoms with Gasteiger partial charge in [-0.2, -0.15) is 0 Å². The molecule has 2 bridgehead atoms. The molecule has 0 atom stereocenters. The molecule has 0 amide bonds. The maximum Gasteiger partial charge on any atom is 0.0643 e. The highest BCUT2D eigenvalue weighted by molar-refractivity contribution is 7.80. The summed E-state index contributed by atoms with van der Waals surface area (Å²) >= 11 is 5.75. The fourth-order valence-electron chi connectivity index (χ4n) is 12.2. The molecular weight excluding hydrogens is 781 g/mol. The third-order valence-electron chi connectivity index (χ3n) is 15.1. The molecule has 1 aliphatic heterocycles. The molecular formula is C60H54N2S. The molecule has 0 spiro atoms. The van der Waals surface area contributed by atoms with Crippen LogP contribution in [0.25, 0.3) is 50.1 Å². The first kappa shape index (κ1) is 38.6. The average Bonchev–Trinajstić information content (AvgIpc) is 3.77. The van der Waals surface area contributed by atoms with Gasteiger partial charge in [-0.1, -0.05) is 138 Å². The molecule has 1 heterocycles. The number of allylic oxidation sites excluding steroid dienone is 4. The van der Waals surface area contributed by atoms with E-state index in [2.05, 4.69) is 173 Å². The summed E-state index contributed by atoms with van der Waals surface area (Å²) in [6, 6.07) is 48.6. The fourth-order valence-corrected chi connectivity index (χ4v) is 12.6. The molecule has 2 nitrogen and oxygen atoms in total. The van der Waals surface area contributed by atoms with Crippen LogP contribution in [-0.4, -0.2) is 0 Å². The van der Waals surface area contributed by atoms with Gasteiger partial charge >= 0.3 is 0 Å². The number of anilines is 4. The smallest absolute Gasteiger partial charge is 0.0643 e. The van der Waals surface area contributed by atoms with Crippen LogP contribution in [0.3, 0.4) is 0 Å². The van der Waals surface area contributed by atoms with E-state index >= 15 is 0 Å². The van der Waals surface area contributed by atoms with E-state index < -0.39 is 0 Å². The van der Waals surface area contributed by atoms with Crippen LogP contribution >= 0.6 is 12.6 Å². The Labute approximate surface area is 378 Å². The highest BCUT2D eigenvalue weighted by Gasteiger charge is 2.39. The number of hydrogen-bond acceptors (Lipinski definition) is 3. The lowest BCUT2D eigenvalue weighted by molar-refractivity contribution is 0.592. The van der Waals surface area contributed by atoms with Gasteiger partial charge in [0.05, 0.1) is 11.4 Å². The lowest BCUT2D eigenvalue weighted by Gasteiger charge is -2.38. The van der Waals surface area contributed by atoms with Crippen molar-refractivity contribution in [1.82, 2.24) is 0 Å². The van der Waals surface area contributed by atoms with Crippen molar-refractivity contribution in [2.24, 2.45) is 0 Å². The van der Waals surface area contributed by atoms with Crippen LogP contribution < -0.4 is 10.6 Å². The van der Waals surface area contributed by atoms with Gasteiger partial charge in [0.15, 0.2) is 0 Å². The zero-order chi connectivity index (χ0) is 42.9. The molecule has 0 saturated heterocycles. The number of fused-ring (bicyclic) bond motifs is 14. The summed E-state index contributed by atoms with van der Waals surface area (Å²) in [5.74, 6) is 0. The first-order valence-corrected chi connectivity index (χ1v) is 23.5. The third kappa shape index (κ3) is 5.71. The van der Waals surface area contributed by atoms with Crippen LogP contribution in [0.15, 0.2) is 138 Å². The molecule has 63 heavy (non-hydrogen) atoms. The van der Waals surface area contributed by atoms with Crippen molar-refractivity contribution >= 4 is 52.1 Å². The summed E-state index contributed by atoms with van der Waals surface area (Å²) in [5, 5.41) is 0. The molecule has 0 unspecified atom stereocenters. The van der Waals surface area contributed by atoms with Crippen LogP contribution in [0.5, 0.6) is 0 Å². The van der Waals surface area contributed by atoms with Gasteiger partial charge in [-0.3, -0.25) is 0 Å². The molecule has 2 N–H and O–H groups in total. The SMILES string of the molecule is CC(C)(C)c1ccccc1-c1ccc2c(c1)N(c1ccc3c(c1)-c1ccccc1C3(C)C)c1c(S)c(cc3c1Cc1ccccc1-3)C1=CCCC(c3c(N)ccc4c3CCCC4)=C12. The highest BCUT2D eigenvalue weighted by atomic mass is 32.1. The number of nitrogens with zero attached hydrogens (tertiary/aromatic N) is 1. The second-order valence-corrected chi connectivity index (χ2v) is 20.6. The van der Waals surface area contributed by atoms with Gasteiger partial charge in [-0.25, -0.2) is 0 Å². The number of nitrogen functional groups attached to an aromatic ring is 1. The Morgan fingerprint density at radius 2 is 1.37 bits per heavy atom. The molecule has 4 aliphatic carbocycles. The molecule has 0 saturated carbocycles. The Balaban J connectivity index is 1.24. The van der Waals surface area contributed by atoms with Gasteiger partial charge in [0.25, 0.3) is 0 Å². The normalized spacial score (nSPS) is 16.5. The third-order valence-corrected chi connectivity index (χ3v) is 15.6. The summed E-state index contributed by atoms with van der Waals surface area (Å²) in [5.41, 5.74) is 36.6. The van der Waals surface area contributed by atoms with Crippen molar-refractivity contribution < 1.29 is 0 Å². The molecule has 310 valence electrons. The summed E-state index contributed by atoms with van der Waals surface area (Å²) < 4.78 is 0. The average molecular weight is 835 g/mol. The Morgan fingerprint density at radius 1 is 0.619 bits per heavy atom. The molecule has 5 aliphatic rings. The quantitative estimate of drug-likeness (QED) is 0.137. The van der Waals surface area contributed by atoms with Crippen molar-refractivity contribution in [2.45, 2.75) is 95.3 Å². The lowest BCUT2D eigenvalue weighted by atomic mass is 9.75. The zero-order valence-corrected chi connectivity index (χ0v) is 38.0. The van der Waals surface area contributed by atoms with Crippen LogP contribution in [0.2, 0.25) is 0 Å². The second kappa shape index (κ2) is 14.0. The standard InChI is InChI=1S/C60H54N2S/c1-59(2,3)50-23-12-10-18-40(50)37-25-28-44-54(32-37)62(38-27-29-52-47(33-38)42-20-11-13-24-51(42)60(52,4)5)57-48-31-36-16-7-8-17-39(36)46(48)34-49(58(57)63)43-21-14-22-45(55(43)44)56-41-19-9-6-15-35(41)26-30-53(56)61/h7-8,10-13,16-18,20-21,23-30,32-34,63H,6,9,14-15,19,22,31,61H2,1-5H3. The Kier molecular flexibility index (Phi) is 8.58. The Morgan fingerprint density at radius 3 is 2.21 bits per heavy atom. The number of rotatable bonds is 3. The monoisotopic (exact) mass is 834 g/mol.